The highest BCUT2D eigenvalue weighted by atomic mass is 15.5. The second-order valence-electron chi connectivity index (χ2n) is 6.76. The standard InChI is InChI=1S/C18H21N7/c1-2-8-15-14(7-1)21-22-25(15)17-13-16(23-9-3-4-10-23)19-18(20-17)24-11-5-6-12-24/h1-2,7-8,13H,3-6,9-12H2. The maximum absolute atomic E-state index is 4.87. The zero-order chi connectivity index (χ0) is 16.6. The molecule has 0 aliphatic carbocycles. The topological polar surface area (TPSA) is 63.0 Å². The van der Waals surface area contributed by atoms with Crippen LogP contribution in [0, 0.1) is 0 Å². The summed E-state index contributed by atoms with van der Waals surface area (Å²) < 4.78 is 1.83. The number of benzene rings is 1. The normalized spacial score (nSPS) is 17.8. The minimum atomic E-state index is 0.799. The Morgan fingerprint density at radius 3 is 2.24 bits per heavy atom. The van der Waals surface area contributed by atoms with Crippen molar-refractivity contribution in [3.8, 4) is 5.82 Å². The largest absolute Gasteiger partial charge is 0.356 e. The van der Waals surface area contributed by atoms with Crippen molar-refractivity contribution in [3.05, 3.63) is 30.3 Å². The molecule has 0 saturated carbocycles. The van der Waals surface area contributed by atoms with Crippen LogP contribution in [0.15, 0.2) is 30.3 Å². The van der Waals surface area contributed by atoms with Crippen LogP contribution in [0.25, 0.3) is 16.9 Å². The summed E-state index contributed by atoms with van der Waals surface area (Å²) in [7, 11) is 0. The predicted molar refractivity (Wildman–Crippen MR) is 97.3 cm³/mol. The Morgan fingerprint density at radius 2 is 1.44 bits per heavy atom. The highest BCUT2D eigenvalue weighted by Gasteiger charge is 2.21. The molecule has 0 amide bonds. The van der Waals surface area contributed by atoms with Gasteiger partial charge in [-0.1, -0.05) is 17.3 Å². The van der Waals surface area contributed by atoms with Crippen molar-refractivity contribution in [1.82, 2.24) is 25.0 Å². The van der Waals surface area contributed by atoms with Crippen molar-refractivity contribution >= 4 is 22.8 Å². The summed E-state index contributed by atoms with van der Waals surface area (Å²) in [5.41, 5.74) is 1.85. The molecule has 0 unspecified atom stereocenters. The van der Waals surface area contributed by atoms with Crippen LogP contribution in [0.4, 0.5) is 11.8 Å². The second kappa shape index (κ2) is 5.98. The summed E-state index contributed by atoms with van der Waals surface area (Å²) in [6.45, 7) is 4.18. The van der Waals surface area contributed by atoms with Gasteiger partial charge in [0, 0.05) is 32.2 Å². The molecule has 0 spiro atoms. The molecule has 128 valence electrons. The highest BCUT2D eigenvalue weighted by Crippen LogP contribution is 2.26. The SMILES string of the molecule is c1ccc2c(c1)nnn2-c1cc(N2CCCC2)nc(N2CCCC2)n1. The fraction of sp³-hybridized carbons (Fsp3) is 0.444. The first kappa shape index (κ1) is 14.6. The van der Waals surface area contributed by atoms with Crippen LogP contribution in [0.1, 0.15) is 25.7 Å². The molecule has 5 rings (SSSR count). The summed E-state index contributed by atoms with van der Waals surface area (Å²) in [5.74, 6) is 2.62. The summed E-state index contributed by atoms with van der Waals surface area (Å²) >= 11 is 0. The van der Waals surface area contributed by atoms with Crippen molar-refractivity contribution in [3.63, 3.8) is 0 Å². The van der Waals surface area contributed by atoms with Gasteiger partial charge in [0.25, 0.3) is 0 Å². The Bertz CT molecular complexity index is 857. The Hall–Kier alpha value is -2.70. The minimum absolute atomic E-state index is 0.799. The monoisotopic (exact) mass is 335 g/mol. The maximum atomic E-state index is 4.87. The fourth-order valence-electron chi connectivity index (χ4n) is 3.72. The molecule has 0 atom stereocenters. The summed E-state index contributed by atoms with van der Waals surface area (Å²) in [6.07, 6.45) is 4.87. The first-order valence-corrected chi connectivity index (χ1v) is 9.08. The molecule has 3 aromatic rings. The van der Waals surface area contributed by atoms with E-state index in [2.05, 4.69) is 20.1 Å². The smallest absolute Gasteiger partial charge is 0.229 e. The lowest BCUT2D eigenvalue weighted by molar-refractivity contribution is 0.782. The van der Waals surface area contributed by atoms with Gasteiger partial charge in [0.15, 0.2) is 5.82 Å². The number of hydrogen-bond donors (Lipinski definition) is 0. The van der Waals surface area contributed by atoms with Crippen LogP contribution in [0.3, 0.4) is 0 Å². The van der Waals surface area contributed by atoms with Crippen LogP contribution >= 0.6 is 0 Å². The number of rotatable bonds is 3. The van der Waals surface area contributed by atoms with Crippen molar-refractivity contribution in [2.45, 2.75) is 25.7 Å². The van der Waals surface area contributed by atoms with E-state index in [0.717, 1.165) is 54.8 Å². The molecule has 4 heterocycles. The average Bonchev–Trinajstić information content (AvgIpc) is 3.42. The number of hydrogen-bond acceptors (Lipinski definition) is 6. The molecule has 7 heteroatoms. The Morgan fingerprint density at radius 1 is 0.760 bits per heavy atom. The van der Waals surface area contributed by atoms with Gasteiger partial charge in [-0.2, -0.15) is 14.6 Å². The van der Waals surface area contributed by atoms with Gasteiger partial charge in [-0.3, -0.25) is 0 Å². The van der Waals surface area contributed by atoms with Gasteiger partial charge in [0.05, 0.1) is 5.52 Å². The van der Waals surface area contributed by atoms with Gasteiger partial charge in [0.2, 0.25) is 5.95 Å². The van der Waals surface area contributed by atoms with Gasteiger partial charge in [-0.15, -0.1) is 5.10 Å². The van der Waals surface area contributed by atoms with Crippen molar-refractivity contribution < 1.29 is 0 Å². The lowest BCUT2D eigenvalue weighted by Gasteiger charge is -2.21. The van der Waals surface area contributed by atoms with E-state index in [9.17, 15) is 0 Å². The van der Waals surface area contributed by atoms with Crippen LogP contribution in [-0.2, 0) is 0 Å². The van der Waals surface area contributed by atoms with Crippen molar-refractivity contribution in [2.24, 2.45) is 0 Å². The summed E-state index contributed by atoms with van der Waals surface area (Å²) in [6, 6.07) is 10.0. The van der Waals surface area contributed by atoms with E-state index in [1.807, 2.05) is 35.0 Å². The van der Waals surface area contributed by atoms with E-state index in [4.69, 9.17) is 9.97 Å². The van der Waals surface area contributed by atoms with Crippen molar-refractivity contribution in [1.29, 1.82) is 0 Å². The molecule has 7 nitrogen and oxygen atoms in total. The second-order valence-corrected chi connectivity index (χ2v) is 6.76. The molecule has 25 heavy (non-hydrogen) atoms. The van der Waals surface area contributed by atoms with Crippen LogP contribution < -0.4 is 9.80 Å². The summed E-state index contributed by atoms with van der Waals surface area (Å²) in [4.78, 5) is 14.3. The quantitative estimate of drug-likeness (QED) is 0.732. The van der Waals surface area contributed by atoms with Crippen LogP contribution in [0.5, 0.6) is 0 Å². The molecule has 2 aliphatic rings. The molecule has 2 fully saturated rings. The Balaban J connectivity index is 1.64. The molecule has 0 bridgehead atoms. The van der Waals surface area contributed by atoms with E-state index >= 15 is 0 Å². The Kier molecular flexibility index (Phi) is 3.50. The predicted octanol–water partition coefficient (Wildman–Crippen LogP) is 2.41. The number of fused-ring (bicyclic) bond motifs is 1. The zero-order valence-electron chi connectivity index (χ0n) is 14.2. The minimum Gasteiger partial charge on any atom is -0.356 e. The molecule has 0 N–H and O–H groups in total. The number of anilines is 2. The van der Waals surface area contributed by atoms with Crippen LogP contribution in [-0.4, -0.2) is 51.1 Å². The lowest BCUT2D eigenvalue weighted by atomic mass is 10.3. The molecule has 2 saturated heterocycles. The van der Waals surface area contributed by atoms with Gasteiger partial charge in [-0.25, -0.2) is 0 Å². The number of aromatic nitrogens is 5. The van der Waals surface area contributed by atoms with E-state index in [1.165, 1.54) is 25.7 Å². The third-order valence-corrected chi connectivity index (χ3v) is 5.08. The molecular formula is C18H21N7. The molecule has 2 aliphatic heterocycles. The first-order chi connectivity index (χ1) is 12.4. The number of nitrogens with zero attached hydrogens (tertiary/aromatic N) is 7. The van der Waals surface area contributed by atoms with E-state index < -0.39 is 0 Å². The molecule has 1 aromatic carbocycles. The van der Waals surface area contributed by atoms with Gasteiger partial charge in [0.1, 0.15) is 11.3 Å². The maximum Gasteiger partial charge on any atom is 0.229 e. The van der Waals surface area contributed by atoms with Crippen LogP contribution in [0.2, 0.25) is 0 Å². The van der Waals surface area contributed by atoms with Gasteiger partial charge >= 0.3 is 0 Å². The zero-order valence-corrected chi connectivity index (χ0v) is 14.2. The van der Waals surface area contributed by atoms with E-state index in [0.29, 0.717) is 0 Å². The van der Waals surface area contributed by atoms with E-state index in [-0.39, 0.29) is 0 Å². The molecule has 2 aromatic heterocycles. The Labute approximate surface area is 146 Å². The lowest BCUT2D eigenvalue weighted by Crippen LogP contribution is -2.25. The van der Waals surface area contributed by atoms with Gasteiger partial charge < -0.3 is 9.80 Å². The summed E-state index contributed by atoms with van der Waals surface area (Å²) in [5, 5.41) is 8.62. The molecule has 0 radical (unpaired) electrons. The third kappa shape index (κ3) is 2.59. The fourth-order valence-corrected chi connectivity index (χ4v) is 3.72. The number of para-hydroxylation sites is 1. The van der Waals surface area contributed by atoms with E-state index in [1.54, 1.807) is 0 Å². The highest BCUT2D eigenvalue weighted by molar-refractivity contribution is 5.75. The first-order valence-electron chi connectivity index (χ1n) is 9.08. The van der Waals surface area contributed by atoms with Crippen molar-refractivity contribution in [2.75, 3.05) is 36.0 Å². The van der Waals surface area contributed by atoms with Gasteiger partial charge in [-0.05, 0) is 37.8 Å². The third-order valence-electron chi connectivity index (χ3n) is 5.08. The molecular weight excluding hydrogens is 314 g/mol. The average molecular weight is 335 g/mol.